The zero-order chi connectivity index (χ0) is 26.5. The van der Waals surface area contributed by atoms with Crippen LogP contribution in [0.3, 0.4) is 0 Å². The molecule has 1 aromatic heterocycles. The number of hydrogen-bond donors (Lipinski definition) is 2. The first-order valence-corrected chi connectivity index (χ1v) is 12.2. The molecular formula is C27H30N4O6. The quantitative estimate of drug-likeness (QED) is 0.336. The molecule has 0 saturated carbocycles. The number of nitro benzene ring substituents is 1. The van der Waals surface area contributed by atoms with Crippen LogP contribution < -0.4 is 5.32 Å². The number of non-ortho nitro benzene ring substituents is 1. The lowest BCUT2D eigenvalue weighted by atomic mass is 10.0. The number of fused-ring (bicyclic) bond motifs is 1. The second-order valence-electron chi connectivity index (χ2n) is 9.63. The number of nitrogens with one attached hydrogen (secondary N) is 1. The molecule has 194 valence electrons. The molecule has 0 spiro atoms. The van der Waals surface area contributed by atoms with Crippen molar-refractivity contribution in [2.24, 2.45) is 5.92 Å². The van der Waals surface area contributed by atoms with E-state index in [9.17, 15) is 24.8 Å². The van der Waals surface area contributed by atoms with E-state index in [1.807, 2.05) is 44.2 Å². The average molecular weight is 507 g/mol. The first kappa shape index (κ1) is 26.2. The van der Waals surface area contributed by atoms with Crippen molar-refractivity contribution in [2.45, 2.75) is 45.1 Å². The number of likely N-dealkylation sites (tertiary alicyclic amines) is 1. The minimum absolute atomic E-state index is 0.0152. The fraction of sp³-hybridized carbons (Fsp3) is 0.370. The largest absolute Gasteiger partial charge is 0.388 e. The van der Waals surface area contributed by atoms with E-state index in [-0.39, 0.29) is 42.9 Å². The highest BCUT2D eigenvalue weighted by molar-refractivity contribution is 5.97. The zero-order valence-corrected chi connectivity index (χ0v) is 20.7. The Bertz CT molecular complexity index is 1280. The Balaban J connectivity index is 1.39. The van der Waals surface area contributed by atoms with Crippen molar-refractivity contribution < 1.29 is 24.4 Å². The second kappa shape index (κ2) is 11.4. The summed E-state index contributed by atoms with van der Waals surface area (Å²) in [6, 6.07) is 16.1. The minimum atomic E-state index is -0.889. The fourth-order valence-electron chi connectivity index (χ4n) is 4.36. The van der Waals surface area contributed by atoms with Crippen LogP contribution in [0.4, 0.5) is 5.69 Å². The summed E-state index contributed by atoms with van der Waals surface area (Å²) < 4.78 is 5.82. The van der Waals surface area contributed by atoms with E-state index in [0.717, 1.165) is 10.9 Å². The SMILES string of the molecule is CC(C)C[C@H](NC(=O)c1ccc2ccccc2n1)C(=O)N1CC(O)C(OCc2ccc([N+](=O)[O-])cc2)C1. The molecule has 3 atom stereocenters. The summed E-state index contributed by atoms with van der Waals surface area (Å²) in [6.45, 7) is 4.33. The van der Waals surface area contributed by atoms with Gasteiger partial charge in [-0.05, 0) is 42.2 Å². The lowest BCUT2D eigenvalue weighted by molar-refractivity contribution is -0.384. The Hall–Kier alpha value is -3.89. The standard InChI is InChI=1S/C27H30N4O6/c1-17(2)13-23(29-26(33)22-12-9-19-5-3-4-6-21(19)28-22)27(34)30-14-24(32)25(15-30)37-16-18-7-10-20(11-8-18)31(35)36/h3-12,17,23-25,32H,13-16H2,1-2H3,(H,29,33)/t23-,24?,25?/m0/s1. The highest BCUT2D eigenvalue weighted by atomic mass is 16.6. The maximum atomic E-state index is 13.4. The number of aliphatic hydroxyl groups excluding tert-OH is 1. The molecule has 2 heterocycles. The molecule has 0 bridgehead atoms. The molecule has 1 aliphatic heterocycles. The number of nitro groups is 1. The maximum absolute atomic E-state index is 13.4. The molecule has 2 amide bonds. The highest BCUT2D eigenvalue weighted by Crippen LogP contribution is 2.20. The normalized spacial score (nSPS) is 18.2. The summed E-state index contributed by atoms with van der Waals surface area (Å²) in [5.41, 5.74) is 1.62. The van der Waals surface area contributed by atoms with Gasteiger partial charge >= 0.3 is 0 Å². The van der Waals surface area contributed by atoms with Crippen molar-refractivity contribution in [3.05, 3.63) is 82.0 Å². The first-order chi connectivity index (χ1) is 17.7. The number of aromatic nitrogens is 1. The first-order valence-electron chi connectivity index (χ1n) is 12.2. The van der Waals surface area contributed by atoms with Crippen molar-refractivity contribution in [2.75, 3.05) is 13.1 Å². The van der Waals surface area contributed by atoms with Crippen LogP contribution in [-0.4, -0.2) is 63.1 Å². The number of hydrogen-bond acceptors (Lipinski definition) is 7. The topological polar surface area (TPSA) is 135 Å². The highest BCUT2D eigenvalue weighted by Gasteiger charge is 2.38. The zero-order valence-electron chi connectivity index (χ0n) is 20.7. The van der Waals surface area contributed by atoms with E-state index in [1.54, 1.807) is 18.2 Å². The molecule has 1 aliphatic rings. The summed E-state index contributed by atoms with van der Waals surface area (Å²) in [4.78, 5) is 42.7. The van der Waals surface area contributed by atoms with Crippen LogP contribution in [0.2, 0.25) is 0 Å². The molecule has 2 unspecified atom stereocenters. The number of amides is 2. The number of benzene rings is 2. The fourth-order valence-corrected chi connectivity index (χ4v) is 4.36. The van der Waals surface area contributed by atoms with Crippen LogP contribution in [0.15, 0.2) is 60.7 Å². The molecular weight excluding hydrogens is 476 g/mol. The molecule has 1 saturated heterocycles. The number of carbonyl (C=O) groups is 2. The van der Waals surface area contributed by atoms with E-state index in [1.165, 1.54) is 17.0 Å². The van der Waals surface area contributed by atoms with Gasteiger partial charge in [-0.2, -0.15) is 0 Å². The Kier molecular flexibility index (Phi) is 8.10. The van der Waals surface area contributed by atoms with E-state index in [2.05, 4.69) is 10.3 Å². The van der Waals surface area contributed by atoms with E-state index in [4.69, 9.17) is 4.74 Å². The van der Waals surface area contributed by atoms with E-state index >= 15 is 0 Å². The number of pyridine rings is 1. The van der Waals surface area contributed by atoms with Crippen LogP contribution >= 0.6 is 0 Å². The van der Waals surface area contributed by atoms with Crippen LogP contribution in [-0.2, 0) is 16.1 Å². The van der Waals surface area contributed by atoms with Crippen molar-refractivity contribution in [1.82, 2.24) is 15.2 Å². The van der Waals surface area contributed by atoms with E-state index < -0.39 is 29.1 Å². The predicted molar refractivity (Wildman–Crippen MR) is 137 cm³/mol. The second-order valence-corrected chi connectivity index (χ2v) is 9.63. The van der Waals surface area contributed by atoms with Gasteiger partial charge < -0.3 is 20.1 Å². The van der Waals surface area contributed by atoms with Crippen molar-refractivity contribution in [1.29, 1.82) is 0 Å². The maximum Gasteiger partial charge on any atom is 0.270 e. The summed E-state index contributed by atoms with van der Waals surface area (Å²) >= 11 is 0. The van der Waals surface area contributed by atoms with Gasteiger partial charge in [-0.3, -0.25) is 19.7 Å². The molecule has 3 aromatic rings. The molecule has 2 N–H and O–H groups in total. The van der Waals surface area contributed by atoms with Gasteiger partial charge in [-0.15, -0.1) is 0 Å². The molecule has 37 heavy (non-hydrogen) atoms. The number of aliphatic hydroxyl groups is 1. The van der Waals surface area contributed by atoms with Gasteiger partial charge in [0.05, 0.1) is 23.2 Å². The molecule has 10 nitrogen and oxygen atoms in total. The summed E-state index contributed by atoms with van der Waals surface area (Å²) in [6.07, 6.45) is -1.07. The average Bonchev–Trinajstić information content (AvgIpc) is 3.26. The van der Waals surface area contributed by atoms with Gasteiger partial charge in [0.25, 0.3) is 11.6 Å². The molecule has 0 aliphatic carbocycles. The number of carbonyl (C=O) groups excluding carboxylic acids is 2. The summed E-state index contributed by atoms with van der Waals surface area (Å²) in [5, 5.41) is 25.1. The smallest absolute Gasteiger partial charge is 0.270 e. The Labute approximate surface area is 214 Å². The van der Waals surface area contributed by atoms with Crippen molar-refractivity contribution in [3.8, 4) is 0 Å². The molecule has 4 rings (SSSR count). The Morgan fingerprint density at radius 1 is 1.14 bits per heavy atom. The summed E-state index contributed by atoms with van der Waals surface area (Å²) in [7, 11) is 0. The van der Waals surface area contributed by atoms with Crippen LogP contribution in [0.25, 0.3) is 10.9 Å². The van der Waals surface area contributed by atoms with Crippen LogP contribution in [0.5, 0.6) is 0 Å². The van der Waals surface area contributed by atoms with Crippen molar-refractivity contribution >= 4 is 28.4 Å². The molecule has 1 fully saturated rings. The number of ether oxygens (including phenoxy) is 1. The third-order valence-electron chi connectivity index (χ3n) is 6.30. The number of rotatable bonds is 9. The Morgan fingerprint density at radius 2 is 1.86 bits per heavy atom. The number of β-amino-alcohol motifs (C(OH)–C–C–N with tert-alkyl or cyclic N) is 1. The van der Waals surface area contributed by atoms with Gasteiger partial charge in [0.15, 0.2) is 0 Å². The van der Waals surface area contributed by atoms with Crippen LogP contribution in [0, 0.1) is 16.0 Å². The molecule has 0 radical (unpaired) electrons. The van der Waals surface area contributed by atoms with Gasteiger partial charge in [-0.1, -0.05) is 38.1 Å². The Morgan fingerprint density at radius 3 is 2.57 bits per heavy atom. The lowest BCUT2D eigenvalue weighted by Gasteiger charge is -2.25. The predicted octanol–water partition coefficient (Wildman–Crippen LogP) is 3.08. The third-order valence-corrected chi connectivity index (χ3v) is 6.30. The number of para-hydroxylation sites is 1. The molecule has 10 heteroatoms. The van der Waals surface area contributed by atoms with Gasteiger partial charge in [-0.25, -0.2) is 4.98 Å². The lowest BCUT2D eigenvalue weighted by Crippen LogP contribution is -2.49. The van der Waals surface area contributed by atoms with Gasteiger partial charge in [0.1, 0.15) is 17.8 Å². The van der Waals surface area contributed by atoms with Crippen LogP contribution in [0.1, 0.15) is 36.3 Å². The molecule has 2 aromatic carbocycles. The minimum Gasteiger partial charge on any atom is -0.388 e. The third kappa shape index (κ3) is 6.46. The number of nitrogens with zero attached hydrogens (tertiary/aromatic N) is 3. The monoisotopic (exact) mass is 506 g/mol. The van der Waals surface area contributed by atoms with Gasteiger partial charge in [0, 0.05) is 30.6 Å². The van der Waals surface area contributed by atoms with Gasteiger partial charge in [0.2, 0.25) is 5.91 Å². The van der Waals surface area contributed by atoms with Crippen molar-refractivity contribution in [3.63, 3.8) is 0 Å². The summed E-state index contributed by atoms with van der Waals surface area (Å²) in [5.74, 6) is -0.584. The van der Waals surface area contributed by atoms with E-state index in [0.29, 0.717) is 11.9 Å².